The molecule has 5 nitrogen and oxygen atoms in total. The molecular formula is C11H12N4OS. The van der Waals surface area contributed by atoms with Crippen molar-refractivity contribution >= 4 is 23.1 Å². The Morgan fingerprint density at radius 2 is 2.35 bits per heavy atom. The van der Waals surface area contributed by atoms with Gasteiger partial charge >= 0.3 is 0 Å². The Bertz CT molecular complexity index is 538. The fourth-order valence-corrected chi connectivity index (χ4v) is 2.06. The first-order valence-electron chi connectivity index (χ1n) is 5.06. The van der Waals surface area contributed by atoms with Gasteiger partial charge in [-0.1, -0.05) is 0 Å². The zero-order valence-electron chi connectivity index (χ0n) is 9.30. The third kappa shape index (κ3) is 3.01. The highest BCUT2D eigenvalue weighted by atomic mass is 32.1. The summed E-state index contributed by atoms with van der Waals surface area (Å²) in [5.41, 5.74) is 6.01. The lowest BCUT2D eigenvalue weighted by molar-refractivity contribution is 0.0951. The Balaban J connectivity index is 1.98. The van der Waals surface area contributed by atoms with Gasteiger partial charge in [0, 0.05) is 22.8 Å². The Kier molecular flexibility index (Phi) is 3.34. The summed E-state index contributed by atoms with van der Waals surface area (Å²) in [5, 5.41) is 3.67. The Hall–Kier alpha value is -1.95. The molecule has 0 aliphatic carbocycles. The summed E-state index contributed by atoms with van der Waals surface area (Å²) >= 11 is 1.57. The number of rotatable bonds is 3. The quantitative estimate of drug-likeness (QED) is 0.859. The average Bonchev–Trinajstić information content (AvgIpc) is 2.72. The molecule has 0 aliphatic heterocycles. The fourth-order valence-electron chi connectivity index (χ4n) is 1.33. The van der Waals surface area contributed by atoms with Crippen LogP contribution in [0, 0.1) is 6.92 Å². The number of pyridine rings is 1. The van der Waals surface area contributed by atoms with Crippen molar-refractivity contribution in [2.24, 2.45) is 0 Å². The van der Waals surface area contributed by atoms with Gasteiger partial charge in [0.2, 0.25) is 0 Å². The lowest BCUT2D eigenvalue weighted by atomic mass is 10.2. The van der Waals surface area contributed by atoms with E-state index in [9.17, 15) is 4.79 Å². The van der Waals surface area contributed by atoms with Crippen molar-refractivity contribution in [2.45, 2.75) is 13.5 Å². The zero-order valence-corrected chi connectivity index (χ0v) is 10.1. The fraction of sp³-hybridized carbons (Fsp3) is 0.182. The summed E-state index contributed by atoms with van der Waals surface area (Å²) in [6.45, 7) is 2.41. The smallest absolute Gasteiger partial charge is 0.251 e. The van der Waals surface area contributed by atoms with Gasteiger partial charge in [-0.3, -0.25) is 4.79 Å². The van der Waals surface area contributed by atoms with E-state index in [4.69, 9.17) is 5.73 Å². The minimum absolute atomic E-state index is 0.174. The van der Waals surface area contributed by atoms with Crippen LogP contribution in [0.3, 0.4) is 0 Å². The normalized spacial score (nSPS) is 10.2. The largest absolute Gasteiger partial charge is 0.384 e. The van der Waals surface area contributed by atoms with Crippen molar-refractivity contribution in [1.29, 1.82) is 0 Å². The van der Waals surface area contributed by atoms with Crippen molar-refractivity contribution in [2.75, 3.05) is 5.73 Å². The van der Waals surface area contributed by atoms with Crippen LogP contribution in [0.15, 0.2) is 24.5 Å². The molecule has 0 bridgehead atoms. The summed E-state index contributed by atoms with van der Waals surface area (Å²) in [4.78, 5) is 20.9. The molecule has 0 atom stereocenters. The molecule has 1 amide bonds. The number of hydrogen-bond donors (Lipinski definition) is 2. The highest BCUT2D eigenvalue weighted by molar-refractivity contribution is 7.11. The van der Waals surface area contributed by atoms with Gasteiger partial charge in [0.1, 0.15) is 10.8 Å². The van der Waals surface area contributed by atoms with Crippen molar-refractivity contribution in [3.8, 4) is 0 Å². The van der Waals surface area contributed by atoms with Crippen molar-refractivity contribution < 1.29 is 4.79 Å². The highest BCUT2D eigenvalue weighted by Gasteiger charge is 2.06. The van der Waals surface area contributed by atoms with Crippen LogP contribution in [0.1, 0.15) is 20.2 Å². The monoisotopic (exact) mass is 248 g/mol. The summed E-state index contributed by atoms with van der Waals surface area (Å²) in [6.07, 6.45) is 3.30. The van der Waals surface area contributed by atoms with Crippen LogP contribution in [0.5, 0.6) is 0 Å². The first kappa shape index (κ1) is 11.5. The minimum Gasteiger partial charge on any atom is -0.384 e. The second-order valence-electron chi connectivity index (χ2n) is 3.52. The van der Waals surface area contributed by atoms with E-state index in [0.29, 0.717) is 17.9 Å². The summed E-state index contributed by atoms with van der Waals surface area (Å²) in [7, 11) is 0. The topological polar surface area (TPSA) is 80.9 Å². The van der Waals surface area contributed by atoms with E-state index in [1.807, 2.05) is 6.92 Å². The lowest BCUT2D eigenvalue weighted by Crippen LogP contribution is -2.22. The number of nitrogens with two attached hydrogens (primary N) is 1. The molecule has 6 heteroatoms. The third-order valence-electron chi connectivity index (χ3n) is 2.11. The zero-order chi connectivity index (χ0) is 12.3. The molecule has 2 aromatic rings. The Labute approximate surface area is 103 Å². The van der Waals surface area contributed by atoms with Gasteiger partial charge in [-0.25, -0.2) is 9.97 Å². The molecule has 0 fully saturated rings. The molecule has 0 radical (unpaired) electrons. The molecule has 2 aromatic heterocycles. The second kappa shape index (κ2) is 4.92. The van der Waals surface area contributed by atoms with Crippen molar-refractivity contribution in [3.63, 3.8) is 0 Å². The van der Waals surface area contributed by atoms with Gasteiger partial charge in [-0.15, -0.1) is 11.3 Å². The van der Waals surface area contributed by atoms with E-state index in [0.717, 1.165) is 9.88 Å². The number of nitrogens with one attached hydrogen (secondary N) is 1. The van der Waals surface area contributed by atoms with E-state index >= 15 is 0 Å². The van der Waals surface area contributed by atoms with Gasteiger partial charge in [0.05, 0.1) is 6.54 Å². The van der Waals surface area contributed by atoms with Crippen LogP contribution >= 0.6 is 11.3 Å². The Morgan fingerprint density at radius 1 is 1.53 bits per heavy atom. The molecule has 0 saturated heterocycles. The van der Waals surface area contributed by atoms with Crippen LogP contribution in [0.4, 0.5) is 5.82 Å². The number of carbonyl (C=O) groups excluding carboxylic acids is 1. The van der Waals surface area contributed by atoms with Crippen LogP contribution in [0.25, 0.3) is 0 Å². The summed E-state index contributed by atoms with van der Waals surface area (Å²) < 4.78 is 0. The van der Waals surface area contributed by atoms with Crippen LogP contribution < -0.4 is 11.1 Å². The summed E-state index contributed by atoms with van der Waals surface area (Å²) in [6, 6.07) is 3.17. The van der Waals surface area contributed by atoms with Gasteiger partial charge in [-0.2, -0.15) is 0 Å². The number of carbonyl (C=O) groups is 1. The SMILES string of the molecule is Cc1cnc(CNC(=O)c2ccnc(N)c2)s1. The molecule has 0 aromatic carbocycles. The van der Waals surface area contributed by atoms with E-state index < -0.39 is 0 Å². The minimum atomic E-state index is -0.174. The predicted octanol–water partition coefficient (Wildman–Crippen LogP) is 1.36. The van der Waals surface area contributed by atoms with Gasteiger partial charge in [-0.05, 0) is 19.1 Å². The first-order chi connectivity index (χ1) is 8.15. The van der Waals surface area contributed by atoms with E-state index in [1.54, 1.807) is 29.7 Å². The van der Waals surface area contributed by atoms with Crippen molar-refractivity contribution in [3.05, 3.63) is 40.0 Å². The average molecular weight is 248 g/mol. The molecule has 0 unspecified atom stereocenters. The maximum atomic E-state index is 11.8. The number of nitrogen functional groups attached to an aromatic ring is 1. The van der Waals surface area contributed by atoms with E-state index in [1.165, 1.54) is 6.20 Å². The summed E-state index contributed by atoms with van der Waals surface area (Å²) in [5.74, 6) is 0.162. The van der Waals surface area contributed by atoms with Crippen LogP contribution in [-0.4, -0.2) is 15.9 Å². The third-order valence-corrected chi connectivity index (χ3v) is 3.03. The van der Waals surface area contributed by atoms with E-state index in [-0.39, 0.29) is 5.91 Å². The first-order valence-corrected chi connectivity index (χ1v) is 5.88. The van der Waals surface area contributed by atoms with E-state index in [2.05, 4.69) is 15.3 Å². The molecule has 17 heavy (non-hydrogen) atoms. The molecule has 2 heterocycles. The maximum Gasteiger partial charge on any atom is 0.251 e. The van der Waals surface area contributed by atoms with Crippen molar-refractivity contribution in [1.82, 2.24) is 15.3 Å². The van der Waals surface area contributed by atoms with Gasteiger partial charge in [0.15, 0.2) is 0 Å². The van der Waals surface area contributed by atoms with Gasteiger partial charge in [0.25, 0.3) is 5.91 Å². The van der Waals surface area contributed by atoms with Crippen LogP contribution in [-0.2, 0) is 6.54 Å². The molecule has 0 spiro atoms. The number of aryl methyl sites for hydroxylation is 1. The number of aromatic nitrogens is 2. The number of nitrogens with zero attached hydrogens (tertiary/aromatic N) is 2. The molecule has 0 saturated carbocycles. The number of anilines is 1. The lowest BCUT2D eigenvalue weighted by Gasteiger charge is -2.03. The second-order valence-corrected chi connectivity index (χ2v) is 4.84. The molecule has 2 rings (SSSR count). The molecular weight excluding hydrogens is 236 g/mol. The number of thiazole rings is 1. The number of hydrogen-bond acceptors (Lipinski definition) is 5. The Morgan fingerprint density at radius 3 is 3.00 bits per heavy atom. The highest BCUT2D eigenvalue weighted by Crippen LogP contribution is 2.11. The maximum absolute atomic E-state index is 11.8. The molecule has 88 valence electrons. The molecule has 0 aliphatic rings. The molecule has 3 N–H and O–H groups in total. The van der Waals surface area contributed by atoms with Gasteiger partial charge < -0.3 is 11.1 Å². The number of amides is 1. The predicted molar refractivity (Wildman–Crippen MR) is 66.7 cm³/mol. The standard InChI is InChI=1S/C11H12N4OS/c1-7-5-14-10(17-7)6-15-11(16)8-2-3-13-9(12)4-8/h2-5H,6H2,1H3,(H2,12,13)(H,15,16). The van der Waals surface area contributed by atoms with Crippen LogP contribution in [0.2, 0.25) is 0 Å².